The highest BCUT2D eigenvalue weighted by Crippen LogP contribution is 2.66. The number of fused-ring (bicyclic) bond motifs is 2. The molecule has 4 heterocycles. The number of aromatic nitrogens is 4. The van der Waals surface area contributed by atoms with E-state index in [1.807, 2.05) is 0 Å². The Balaban J connectivity index is 1.29. The third kappa shape index (κ3) is 5.08. The van der Waals surface area contributed by atoms with Crippen LogP contribution in [0.4, 0.5) is 8.78 Å². The summed E-state index contributed by atoms with van der Waals surface area (Å²) in [6, 6.07) is 6.29. The van der Waals surface area contributed by atoms with Crippen molar-refractivity contribution in [2.24, 2.45) is 16.6 Å². The van der Waals surface area contributed by atoms with Gasteiger partial charge in [0.2, 0.25) is 17.7 Å². The maximum Gasteiger partial charge on any atom is 0.245 e. The molecule has 1 aliphatic carbocycles. The number of rotatable bonds is 9. The Bertz CT molecular complexity index is 1710. The quantitative estimate of drug-likeness (QED) is 0.287. The Hall–Kier alpha value is -4.39. The molecule has 13 heteroatoms. The SMILES string of the molecule is CN(C)C(=O)/C=C/[C@]12C[C@H]1[C@@](CF)(c1cc(Cc3nccc4nc(OCc5ncco5)cnc34)ccc1F)N=C(N)S2. The van der Waals surface area contributed by atoms with Crippen molar-refractivity contribution >= 4 is 33.9 Å². The minimum absolute atomic E-state index is 0.106. The van der Waals surface area contributed by atoms with Gasteiger partial charge in [-0.1, -0.05) is 23.9 Å². The number of amidine groups is 1. The third-order valence-corrected chi connectivity index (χ3v) is 8.76. The number of hydrogen-bond donors (Lipinski definition) is 1. The number of likely N-dealkylation sites (N-methyl/N-ethyl adjacent to an activating group) is 1. The lowest BCUT2D eigenvalue weighted by Gasteiger charge is -2.34. The number of hydrogen-bond acceptors (Lipinski definition) is 10. The Labute approximate surface area is 244 Å². The molecule has 216 valence electrons. The summed E-state index contributed by atoms with van der Waals surface area (Å²) < 4.78 is 40.6. The second kappa shape index (κ2) is 10.8. The number of nitrogens with zero attached hydrogens (tertiary/aromatic N) is 6. The summed E-state index contributed by atoms with van der Waals surface area (Å²) >= 11 is 1.28. The van der Waals surface area contributed by atoms with Gasteiger partial charge in [-0.15, -0.1) is 0 Å². The van der Waals surface area contributed by atoms with Gasteiger partial charge in [-0.2, -0.15) is 0 Å². The fraction of sp³-hybridized carbons (Fsp3) is 0.310. The molecular formula is C29H27F2N7O3S. The van der Waals surface area contributed by atoms with Crippen molar-refractivity contribution in [1.29, 1.82) is 0 Å². The van der Waals surface area contributed by atoms with Gasteiger partial charge in [-0.05, 0) is 30.2 Å². The Morgan fingerprint density at radius 2 is 2.12 bits per heavy atom. The molecule has 1 aromatic carbocycles. The largest absolute Gasteiger partial charge is 0.467 e. The van der Waals surface area contributed by atoms with Crippen LogP contribution in [0.15, 0.2) is 70.7 Å². The predicted octanol–water partition coefficient (Wildman–Crippen LogP) is 3.95. The first-order chi connectivity index (χ1) is 20.2. The van der Waals surface area contributed by atoms with Crippen molar-refractivity contribution in [3.05, 3.63) is 89.8 Å². The van der Waals surface area contributed by atoms with Gasteiger partial charge in [0, 0.05) is 49.0 Å². The lowest BCUT2D eigenvalue weighted by atomic mass is 9.83. The fourth-order valence-corrected chi connectivity index (χ4v) is 6.63. The molecule has 1 fully saturated rings. The first-order valence-corrected chi connectivity index (χ1v) is 14.0. The molecule has 42 heavy (non-hydrogen) atoms. The number of nitrogens with two attached hydrogens (primary N) is 1. The molecule has 2 aliphatic rings. The second-order valence-corrected chi connectivity index (χ2v) is 11.8. The van der Waals surface area contributed by atoms with Crippen LogP contribution in [0.2, 0.25) is 0 Å². The Morgan fingerprint density at radius 1 is 1.26 bits per heavy atom. The van der Waals surface area contributed by atoms with Crippen molar-refractivity contribution in [3.8, 4) is 5.88 Å². The van der Waals surface area contributed by atoms with E-state index in [1.165, 1.54) is 47.5 Å². The summed E-state index contributed by atoms with van der Waals surface area (Å²) in [5.74, 6) is -0.442. The van der Waals surface area contributed by atoms with Crippen LogP contribution >= 0.6 is 11.8 Å². The Morgan fingerprint density at radius 3 is 2.88 bits per heavy atom. The summed E-state index contributed by atoms with van der Waals surface area (Å²) in [7, 11) is 3.30. The number of thioether (sulfide) groups is 1. The van der Waals surface area contributed by atoms with Crippen LogP contribution in [0.3, 0.4) is 0 Å². The maximum absolute atomic E-state index is 15.4. The van der Waals surface area contributed by atoms with Crippen LogP contribution in [0.1, 0.15) is 29.1 Å². The smallest absolute Gasteiger partial charge is 0.245 e. The molecular weight excluding hydrogens is 564 g/mol. The van der Waals surface area contributed by atoms with E-state index in [1.54, 1.807) is 44.6 Å². The highest BCUT2D eigenvalue weighted by Gasteiger charge is 2.67. The maximum atomic E-state index is 15.4. The standard InChI is InChI=1S/C29H27F2N7O3S/c1-38(2)25(39)5-7-28-13-22(28)29(16-30,37-27(32)42-28)18-11-17(3-4-19(18)31)12-21-26-20(6-8-33-21)36-23(14-35-26)41-15-24-34-9-10-40-24/h3-11,14,22H,12-13,15-16H2,1-2H3,(H2,32,37)/b7-5+/t22-,28+,29-/m1/s1. The number of benzene rings is 1. The number of carbonyl (C=O) groups excluding carboxylic acids is 1. The minimum Gasteiger partial charge on any atom is -0.467 e. The Kier molecular flexibility index (Phi) is 7.13. The van der Waals surface area contributed by atoms with E-state index in [9.17, 15) is 4.79 Å². The number of oxazole rings is 1. The monoisotopic (exact) mass is 591 g/mol. The van der Waals surface area contributed by atoms with Crippen LogP contribution in [-0.4, -0.2) is 61.4 Å². The zero-order valence-corrected chi connectivity index (χ0v) is 23.6. The first-order valence-electron chi connectivity index (χ1n) is 13.1. The summed E-state index contributed by atoms with van der Waals surface area (Å²) in [5.41, 5.74) is 7.22. The van der Waals surface area contributed by atoms with Crippen LogP contribution in [0, 0.1) is 11.7 Å². The molecule has 0 radical (unpaired) electrons. The van der Waals surface area contributed by atoms with Gasteiger partial charge in [0.25, 0.3) is 0 Å². The molecule has 10 nitrogen and oxygen atoms in total. The van der Waals surface area contributed by atoms with E-state index >= 15 is 8.78 Å². The summed E-state index contributed by atoms with van der Waals surface area (Å²) in [4.78, 5) is 35.6. The van der Waals surface area contributed by atoms with Crippen LogP contribution < -0.4 is 10.5 Å². The van der Waals surface area contributed by atoms with Gasteiger partial charge < -0.3 is 19.8 Å². The predicted molar refractivity (Wildman–Crippen MR) is 153 cm³/mol. The first kappa shape index (κ1) is 27.8. The van der Waals surface area contributed by atoms with Gasteiger partial charge in [0.1, 0.15) is 29.8 Å². The van der Waals surface area contributed by atoms with Gasteiger partial charge in [-0.3, -0.25) is 9.78 Å². The minimum atomic E-state index is -1.51. The molecule has 4 aromatic rings. The van der Waals surface area contributed by atoms with E-state index in [2.05, 4.69) is 24.9 Å². The number of pyridine rings is 1. The van der Waals surface area contributed by atoms with E-state index in [0.29, 0.717) is 46.9 Å². The molecule has 6 rings (SSSR count). The third-order valence-electron chi connectivity index (χ3n) is 7.50. The van der Waals surface area contributed by atoms with E-state index in [-0.39, 0.29) is 29.2 Å². The van der Waals surface area contributed by atoms with Crippen molar-refractivity contribution in [3.63, 3.8) is 0 Å². The van der Waals surface area contributed by atoms with Crippen LogP contribution in [0.25, 0.3) is 11.0 Å². The van der Waals surface area contributed by atoms with E-state index < -0.39 is 22.8 Å². The summed E-state index contributed by atoms with van der Waals surface area (Å²) in [5, 5.41) is 0.153. The van der Waals surface area contributed by atoms with Crippen molar-refractivity contribution < 1.29 is 22.7 Å². The average molecular weight is 592 g/mol. The number of alkyl halides is 1. The molecule has 1 saturated carbocycles. The summed E-state index contributed by atoms with van der Waals surface area (Å²) in [6.45, 7) is -0.833. The van der Waals surface area contributed by atoms with Crippen LogP contribution in [-0.2, 0) is 23.4 Å². The van der Waals surface area contributed by atoms with Crippen molar-refractivity contribution in [2.45, 2.75) is 29.7 Å². The molecule has 0 unspecified atom stereocenters. The zero-order chi connectivity index (χ0) is 29.5. The number of carbonyl (C=O) groups is 1. The van der Waals surface area contributed by atoms with E-state index in [4.69, 9.17) is 14.9 Å². The van der Waals surface area contributed by atoms with Gasteiger partial charge in [0.05, 0.1) is 23.6 Å². The molecule has 0 saturated heterocycles. The molecule has 0 spiro atoms. The number of aliphatic imine (C=N–C) groups is 1. The molecule has 3 atom stereocenters. The number of amides is 1. The fourth-order valence-electron chi connectivity index (χ4n) is 5.31. The molecule has 2 N–H and O–H groups in total. The van der Waals surface area contributed by atoms with Gasteiger partial charge in [0.15, 0.2) is 11.8 Å². The van der Waals surface area contributed by atoms with Crippen LogP contribution in [0.5, 0.6) is 5.88 Å². The molecule has 0 bridgehead atoms. The topological polar surface area (TPSA) is 133 Å². The normalized spacial score (nSPS) is 23.0. The lowest BCUT2D eigenvalue weighted by Crippen LogP contribution is -2.39. The highest BCUT2D eigenvalue weighted by molar-refractivity contribution is 8.15. The lowest BCUT2D eigenvalue weighted by molar-refractivity contribution is -0.123. The van der Waals surface area contributed by atoms with E-state index in [0.717, 1.165) is 0 Å². The van der Waals surface area contributed by atoms with Gasteiger partial charge >= 0.3 is 0 Å². The highest BCUT2D eigenvalue weighted by atomic mass is 32.2. The van der Waals surface area contributed by atoms with Crippen molar-refractivity contribution in [1.82, 2.24) is 24.8 Å². The van der Waals surface area contributed by atoms with Crippen molar-refractivity contribution in [2.75, 3.05) is 20.8 Å². The average Bonchev–Trinajstić information content (AvgIpc) is 3.46. The molecule has 3 aromatic heterocycles. The molecule has 1 amide bonds. The zero-order valence-electron chi connectivity index (χ0n) is 22.8. The van der Waals surface area contributed by atoms with Gasteiger partial charge in [-0.25, -0.2) is 28.7 Å². The number of ether oxygens (including phenoxy) is 1. The number of halogens is 2. The summed E-state index contributed by atoms with van der Waals surface area (Å²) in [6.07, 6.45) is 10.1. The molecule has 1 aliphatic heterocycles. The second-order valence-electron chi connectivity index (χ2n) is 10.4.